The lowest BCUT2D eigenvalue weighted by Gasteiger charge is -2.42. The number of rotatable bonds is 0. The number of hydrogen-bond acceptors (Lipinski definition) is 4. The maximum absolute atomic E-state index is 11.8. The monoisotopic (exact) mass is 271 g/mol. The minimum atomic E-state index is -0.286. The normalized spacial score (nSPS) is 32.8. The molecule has 92 valence electrons. The molecule has 0 aromatic carbocycles. The summed E-state index contributed by atoms with van der Waals surface area (Å²) in [6.07, 6.45) is 1.82. The number of ketones is 1. The van der Waals surface area contributed by atoms with Crippen molar-refractivity contribution < 1.29 is 9.53 Å². The van der Waals surface area contributed by atoms with Gasteiger partial charge in [0.25, 0.3) is 0 Å². The van der Waals surface area contributed by atoms with E-state index in [1.165, 1.54) is 11.3 Å². The van der Waals surface area contributed by atoms with Crippen molar-refractivity contribution in [1.82, 2.24) is 5.32 Å². The molecule has 2 aliphatic heterocycles. The van der Waals surface area contributed by atoms with Crippen LogP contribution in [0.2, 0.25) is 4.34 Å². The van der Waals surface area contributed by atoms with Crippen LogP contribution >= 0.6 is 22.9 Å². The molecular weight excluding hydrogens is 258 g/mol. The Morgan fingerprint density at radius 3 is 3.24 bits per heavy atom. The molecule has 2 unspecified atom stereocenters. The second kappa shape index (κ2) is 4.05. The fourth-order valence-corrected chi connectivity index (χ4v) is 4.21. The summed E-state index contributed by atoms with van der Waals surface area (Å²) >= 11 is 7.54. The summed E-state index contributed by atoms with van der Waals surface area (Å²) in [5, 5.41) is 3.41. The topological polar surface area (TPSA) is 38.3 Å². The zero-order chi connectivity index (χ0) is 12.0. The molecule has 1 aromatic heterocycles. The maximum atomic E-state index is 11.8. The Hall–Kier alpha value is -0.420. The van der Waals surface area contributed by atoms with Crippen molar-refractivity contribution >= 4 is 28.7 Å². The molecule has 3 rings (SSSR count). The summed E-state index contributed by atoms with van der Waals surface area (Å²) in [5.41, 5.74) is 0.492. The van der Waals surface area contributed by atoms with Crippen LogP contribution in [0.1, 0.15) is 35.0 Å². The molecule has 1 fully saturated rings. The number of thiophene rings is 1. The number of hydrogen-bond donors (Lipinski definition) is 1. The number of halogens is 1. The van der Waals surface area contributed by atoms with Crippen LogP contribution in [-0.4, -0.2) is 25.0 Å². The van der Waals surface area contributed by atoms with E-state index in [9.17, 15) is 4.79 Å². The Kier molecular flexibility index (Phi) is 2.78. The van der Waals surface area contributed by atoms with E-state index in [1.807, 2.05) is 0 Å². The van der Waals surface area contributed by atoms with Crippen LogP contribution in [0.4, 0.5) is 0 Å². The summed E-state index contributed by atoms with van der Waals surface area (Å²) in [6, 6.07) is 2.20. The first kappa shape index (κ1) is 11.7. The highest BCUT2D eigenvalue weighted by atomic mass is 35.5. The second-order valence-electron chi connectivity index (χ2n) is 4.81. The van der Waals surface area contributed by atoms with Gasteiger partial charge in [-0.05, 0) is 32.4 Å². The zero-order valence-corrected chi connectivity index (χ0v) is 11.2. The van der Waals surface area contributed by atoms with Crippen molar-refractivity contribution in [2.24, 2.45) is 0 Å². The summed E-state index contributed by atoms with van der Waals surface area (Å²) in [5.74, 6) is 0.0555. The summed E-state index contributed by atoms with van der Waals surface area (Å²) in [7, 11) is 0. The molecule has 5 heteroatoms. The number of carbonyl (C=O) groups is 1. The van der Waals surface area contributed by atoms with Crippen LogP contribution in [0.3, 0.4) is 0 Å². The minimum absolute atomic E-state index is 0.0555. The fourth-order valence-electron chi connectivity index (χ4n) is 2.78. The molecule has 1 spiro atoms. The van der Waals surface area contributed by atoms with Crippen LogP contribution < -0.4 is 5.32 Å². The lowest BCUT2D eigenvalue weighted by atomic mass is 9.83. The first-order valence-corrected chi connectivity index (χ1v) is 7.00. The van der Waals surface area contributed by atoms with E-state index in [1.54, 1.807) is 6.07 Å². The summed E-state index contributed by atoms with van der Waals surface area (Å²) < 4.78 is 6.57. The Morgan fingerprint density at radius 2 is 2.47 bits per heavy atom. The van der Waals surface area contributed by atoms with Crippen molar-refractivity contribution in [3.05, 3.63) is 20.8 Å². The molecule has 1 saturated heterocycles. The zero-order valence-electron chi connectivity index (χ0n) is 9.59. The van der Waals surface area contributed by atoms with Gasteiger partial charge in [0.15, 0.2) is 5.78 Å². The van der Waals surface area contributed by atoms with Crippen molar-refractivity contribution in [3.8, 4) is 0 Å². The van der Waals surface area contributed by atoms with Gasteiger partial charge in [0.05, 0.1) is 4.34 Å². The smallest absolute Gasteiger partial charge is 0.189 e. The fraction of sp³-hybridized carbons (Fsp3) is 0.583. The van der Waals surface area contributed by atoms with Crippen molar-refractivity contribution in [3.63, 3.8) is 0 Å². The van der Waals surface area contributed by atoms with Gasteiger partial charge < -0.3 is 10.1 Å². The van der Waals surface area contributed by atoms with Crippen molar-refractivity contribution in [2.75, 3.05) is 13.2 Å². The third kappa shape index (κ3) is 1.83. The molecular formula is C12H14ClNO2S. The highest BCUT2D eigenvalue weighted by Crippen LogP contribution is 2.46. The molecule has 0 saturated carbocycles. The van der Waals surface area contributed by atoms with E-state index >= 15 is 0 Å². The molecule has 3 nitrogen and oxygen atoms in total. The molecule has 3 heterocycles. The third-order valence-electron chi connectivity index (χ3n) is 3.55. The van der Waals surface area contributed by atoms with Gasteiger partial charge in [0.1, 0.15) is 12.2 Å². The van der Waals surface area contributed by atoms with Crippen LogP contribution in [0, 0.1) is 0 Å². The highest BCUT2D eigenvalue weighted by Gasteiger charge is 2.44. The van der Waals surface area contributed by atoms with Crippen LogP contribution in [0.15, 0.2) is 6.07 Å². The minimum Gasteiger partial charge on any atom is -0.361 e. The molecule has 0 aliphatic carbocycles. The third-order valence-corrected chi connectivity index (χ3v) is 5.00. The summed E-state index contributed by atoms with van der Waals surface area (Å²) in [6.45, 7) is 3.26. The SMILES string of the molecule is CC1CC2(CCN1)OCC(=O)c1cc(Cl)sc12. The van der Waals surface area contributed by atoms with Gasteiger partial charge in [-0.15, -0.1) is 11.3 Å². The van der Waals surface area contributed by atoms with E-state index in [4.69, 9.17) is 16.3 Å². The standard InChI is InChI=1S/C12H14ClNO2S/c1-7-5-12(2-3-14-7)11-8(4-10(13)17-11)9(15)6-16-12/h4,7,14H,2-3,5-6H2,1H3. The predicted octanol–water partition coefficient (Wildman–Crippen LogP) is 2.58. The number of piperidine rings is 1. The van der Waals surface area contributed by atoms with Crippen LogP contribution in [0.5, 0.6) is 0 Å². The number of Topliss-reactive ketones (excluding diaryl/α,β-unsaturated/α-hetero) is 1. The quantitative estimate of drug-likeness (QED) is 0.788. The van der Waals surface area contributed by atoms with E-state index in [2.05, 4.69) is 12.2 Å². The number of nitrogens with one attached hydrogen (secondary N) is 1. The molecule has 1 N–H and O–H groups in total. The highest BCUT2D eigenvalue weighted by molar-refractivity contribution is 7.16. The average Bonchev–Trinajstić information content (AvgIpc) is 2.68. The number of ether oxygens (including phenoxy) is 1. The van der Waals surface area contributed by atoms with E-state index in [0.717, 1.165) is 29.8 Å². The van der Waals surface area contributed by atoms with Gasteiger partial charge in [-0.1, -0.05) is 11.6 Å². The maximum Gasteiger partial charge on any atom is 0.189 e. The first-order valence-electron chi connectivity index (χ1n) is 5.81. The Balaban J connectivity index is 2.07. The van der Waals surface area contributed by atoms with Gasteiger partial charge in [-0.25, -0.2) is 0 Å². The molecule has 0 amide bonds. The van der Waals surface area contributed by atoms with E-state index in [-0.39, 0.29) is 18.0 Å². The summed E-state index contributed by atoms with van der Waals surface area (Å²) in [4.78, 5) is 12.8. The molecule has 17 heavy (non-hydrogen) atoms. The molecule has 0 radical (unpaired) electrons. The van der Waals surface area contributed by atoms with Crippen LogP contribution in [0.25, 0.3) is 0 Å². The first-order chi connectivity index (χ1) is 8.11. The number of fused-ring (bicyclic) bond motifs is 2. The average molecular weight is 272 g/mol. The van der Waals surface area contributed by atoms with Gasteiger partial charge in [-0.2, -0.15) is 0 Å². The van der Waals surface area contributed by atoms with Crippen molar-refractivity contribution in [2.45, 2.75) is 31.4 Å². The largest absolute Gasteiger partial charge is 0.361 e. The van der Waals surface area contributed by atoms with Crippen LogP contribution in [-0.2, 0) is 10.3 Å². The lowest BCUT2D eigenvalue weighted by molar-refractivity contribution is -0.0734. The van der Waals surface area contributed by atoms with Gasteiger partial charge in [-0.3, -0.25) is 4.79 Å². The predicted molar refractivity (Wildman–Crippen MR) is 68.0 cm³/mol. The van der Waals surface area contributed by atoms with Gasteiger partial charge in [0.2, 0.25) is 0 Å². The number of carbonyl (C=O) groups excluding carboxylic acids is 1. The molecule has 0 bridgehead atoms. The Morgan fingerprint density at radius 1 is 1.65 bits per heavy atom. The second-order valence-corrected chi connectivity index (χ2v) is 6.49. The molecule has 1 aromatic rings. The van der Waals surface area contributed by atoms with Gasteiger partial charge in [0, 0.05) is 16.5 Å². The lowest BCUT2D eigenvalue weighted by Crippen LogP contribution is -2.49. The van der Waals surface area contributed by atoms with Crippen molar-refractivity contribution in [1.29, 1.82) is 0 Å². The Labute approximate surface area is 109 Å². The molecule has 2 atom stereocenters. The Bertz CT molecular complexity index is 473. The van der Waals surface area contributed by atoms with E-state index in [0.29, 0.717) is 10.4 Å². The van der Waals surface area contributed by atoms with E-state index < -0.39 is 0 Å². The van der Waals surface area contributed by atoms with Gasteiger partial charge >= 0.3 is 0 Å². The molecule has 2 aliphatic rings.